The van der Waals surface area contributed by atoms with E-state index in [0.717, 1.165) is 33.8 Å². The summed E-state index contributed by atoms with van der Waals surface area (Å²) in [4.78, 5) is 4.22. The Hall–Kier alpha value is -3.85. The van der Waals surface area contributed by atoms with Gasteiger partial charge in [0.2, 0.25) is 0 Å². The summed E-state index contributed by atoms with van der Waals surface area (Å²) in [6, 6.07) is 26.1. The molecule has 5 aromatic rings. The van der Waals surface area contributed by atoms with Gasteiger partial charge < -0.3 is 16.8 Å². The maximum absolute atomic E-state index is 6.25. The van der Waals surface area contributed by atoms with Gasteiger partial charge in [0.05, 0.1) is 0 Å². The molecule has 0 aliphatic heterocycles. The molecule has 0 aliphatic rings. The molecule has 0 fully saturated rings. The van der Waals surface area contributed by atoms with Gasteiger partial charge >= 0.3 is 20.1 Å². The van der Waals surface area contributed by atoms with Gasteiger partial charge in [-0.1, -0.05) is 26.0 Å². The molecule has 0 amide bonds. The number of aromatic nitrogens is 5. The molecular weight excluding hydrogens is 589 g/mol. The molecular formula is C26H21IrN6. The van der Waals surface area contributed by atoms with Crippen molar-refractivity contribution in [3.8, 4) is 22.6 Å². The van der Waals surface area contributed by atoms with Crippen LogP contribution in [-0.4, -0.2) is 24.5 Å². The normalized spacial score (nSPS) is 9.45. The molecule has 0 spiro atoms. The first-order valence-corrected chi connectivity index (χ1v) is 9.86. The Labute approximate surface area is 207 Å². The van der Waals surface area contributed by atoms with Crippen LogP contribution in [0.4, 0.5) is 0 Å². The van der Waals surface area contributed by atoms with Crippen molar-refractivity contribution in [3.05, 3.63) is 121 Å². The van der Waals surface area contributed by atoms with Crippen LogP contribution in [0.2, 0.25) is 0 Å². The molecule has 3 heterocycles. The Morgan fingerprint density at radius 2 is 1.39 bits per heavy atom. The van der Waals surface area contributed by atoms with Crippen molar-refractivity contribution in [1.82, 2.24) is 24.5 Å². The van der Waals surface area contributed by atoms with Gasteiger partial charge in [-0.05, 0) is 35.3 Å². The van der Waals surface area contributed by atoms with Gasteiger partial charge in [0.25, 0.3) is 0 Å². The molecule has 0 radical (unpaired) electrons. The monoisotopic (exact) mass is 610 g/mol. The zero-order valence-electron chi connectivity index (χ0n) is 18.2. The summed E-state index contributed by atoms with van der Waals surface area (Å²) in [6.45, 7) is 8.88. The van der Waals surface area contributed by atoms with E-state index in [4.69, 9.17) is 11.8 Å². The first-order valence-electron chi connectivity index (χ1n) is 9.86. The fourth-order valence-corrected chi connectivity index (χ4v) is 3.12. The van der Waals surface area contributed by atoms with Crippen molar-refractivity contribution >= 4 is 0 Å². The number of nitrogens with zero attached hydrogens (tertiary/aromatic N) is 6. The second-order valence-electron chi connectivity index (χ2n) is 6.73. The third kappa shape index (κ3) is 6.56. The predicted octanol–water partition coefficient (Wildman–Crippen LogP) is 5.12. The Bertz CT molecular complexity index is 1140. The van der Waals surface area contributed by atoms with Gasteiger partial charge in [0, 0.05) is 31.0 Å². The average Bonchev–Trinajstić information content (AvgIpc) is 3.57. The smallest absolute Gasteiger partial charge is 0.512 e. The molecule has 6 nitrogen and oxygen atoms in total. The van der Waals surface area contributed by atoms with E-state index in [9.17, 15) is 0 Å². The molecule has 164 valence electrons. The number of pyridine rings is 1. The molecule has 0 aliphatic carbocycles. The molecule has 0 atom stereocenters. The van der Waals surface area contributed by atoms with Gasteiger partial charge in [-0.15, -0.1) is 53.1 Å². The van der Waals surface area contributed by atoms with Gasteiger partial charge in [-0.3, -0.25) is 9.36 Å². The fourth-order valence-electron chi connectivity index (χ4n) is 3.12. The summed E-state index contributed by atoms with van der Waals surface area (Å²) in [5.74, 6) is 0. The topological polar surface area (TPSA) is 72.3 Å². The van der Waals surface area contributed by atoms with Gasteiger partial charge in [-0.2, -0.15) is 16.3 Å². The first-order chi connectivity index (χ1) is 15.7. The van der Waals surface area contributed by atoms with Crippen LogP contribution in [0.3, 0.4) is 0 Å². The van der Waals surface area contributed by atoms with Crippen LogP contribution in [0.25, 0.3) is 22.6 Å². The SMILES string of the molecule is Cc1cc(C)c(-n2cccn2)[c-]c1-n1cccn1.[C-]#N.[Ir+3].[c-]1ccccc1-c1ccccn1. The van der Waals surface area contributed by atoms with E-state index in [-0.39, 0.29) is 20.1 Å². The van der Waals surface area contributed by atoms with Gasteiger partial charge in [-0.25, -0.2) is 0 Å². The Morgan fingerprint density at radius 1 is 0.788 bits per heavy atom. The van der Waals surface area contributed by atoms with E-state index in [1.807, 2.05) is 76.4 Å². The van der Waals surface area contributed by atoms with Crippen LogP contribution in [0, 0.1) is 37.8 Å². The van der Waals surface area contributed by atoms with E-state index in [0.29, 0.717) is 0 Å². The summed E-state index contributed by atoms with van der Waals surface area (Å²) in [5, 5.41) is 14.8. The quantitative estimate of drug-likeness (QED) is 0.267. The van der Waals surface area contributed by atoms with E-state index in [2.05, 4.69) is 47.2 Å². The first kappa shape index (κ1) is 25.4. The van der Waals surface area contributed by atoms with E-state index < -0.39 is 0 Å². The Kier molecular flexibility index (Phi) is 9.91. The molecule has 0 saturated heterocycles. The number of hydrogen-bond acceptors (Lipinski definition) is 4. The maximum Gasteiger partial charge on any atom is 3.00 e. The molecule has 3 aromatic heterocycles. The average molecular weight is 610 g/mol. The number of hydrogen-bond donors (Lipinski definition) is 0. The van der Waals surface area contributed by atoms with Crippen molar-refractivity contribution in [1.29, 1.82) is 5.26 Å². The van der Waals surface area contributed by atoms with Crippen molar-refractivity contribution in [2.24, 2.45) is 0 Å². The second-order valence-corrected chi connectivity index (χ2v) is 6.73. The van der Waals surface area contributed by atoms with Crippen LogP contribution in [-0.2, 0) is 20.1 Å². The minimum atomic E-state index is 0. The number of aryl methyl sites for hydroxylation is 2. The second kappa shape index (κ2) is 12.9. The van der Waals surface area contributed by atoms with Crippen LogP contribution in [0.5, 0.6) is 0 Å². The third-order valence-electron chi connectivity index (χ3n) is 4.53. The summed E-state index contributed by atoms with van der Waals surface area (Å²) < 4.78 is 3.64. The zero-order chi connectivity index (χ0) is 22.8. The van der Waals surface area contributed by atoms with Crippen molar-refractivity contribution in [3.63, 3.8) is 0 Å². The summed E-state index contributed by atoms with van der Waals surface area (Å²) in [7, 11) is 0. The third-order valence-corrected chi connectivity index (χ3v) is 4.53. The Balaban J connectivity index is 0.000000225. The van der Waals surface area contributed by atoms with Gasteiger partial charge in [0.15, 0.2) is 0 Å². The van der Waals surface area contributed by atoms with Crippen molar-refractivity contribution in [2.75, 3.05) is 0 Å². The fraction of sp³-hybridized carbons (Fsp3) is 0.0769. The molecule has 2 aromatic carbocycles. The summed E-state index contributed by atoms with van der Waals surface area (Å²) in [5.41, 5.74) is 6.21. The molecule has 5 rings (SSSR count). The maximum atomic E-state index is 6.25. The summed E-state index contributed by atoms with van der Waals surface area (Å²) in [6.07, 6.45) is 9.15. The molecule has 0 bridgehead atoms. The standard InChI is InChI=1S/C14H13N4.C11H8N.CN.Ir/c1-11-9-12(2)14(18-8-4-6-16-18)10-13(11)17-7-3-5-15-17;1-2-6-10(7-3-1)11-8-4-5-9-12-11;1-2;/h3-9H,1-2H3;1-6,8-9H;;/q3*-1;+3. The molecule has 7 heteroatoms. The van der Waals surface area contributed by atoms with E-state index in [1.54, 1.807) is 18.6 Å². The van der Waals surface area contributed by atoms with E-state index in [1.165, 1.54) is 0 Å². The molecule has 33 heavy (non-hydrogen) atoms. The number of benzene rings is 2. The summed E-state index contributed by atoms with van der Waals surface area (Å²) >= 11 is 0. The Morgan fingerprint density at radius 3 is 1.85 bits per heavy atom. The minimum absolute atomic E-state index is 0. The van der Waals surface area contributed by atoms with Crippen molar-refractivity contribution in [2.45, 2.75) is 13.8 Å². The number of rotatable bonds is 3. The largest absolute Gasteiger partial charge is 3.00 e. The van der Waals surface area contributed by atoms with Crippen LogP contribution >= 0.6 is 0 Å². The molecule has 0 unspecified atom stereocenters. The van der Waals surface area contributed by atoms with Crippen LogP contribution in [0.15, 0.2) is 91.6 Å². The van der Waals surface area contributed by atoms with Gasteiger partial charge in [0.1, 0.15) is 0 Å². The van der Waals surface area contributed by atoms with Crippen molar-refractivity contribution < 1.29 is 20.1 Å². The van der Waals surface area contributed by atoms with E-state index >= 15 is 0 Å². The zero-order valence-corrected chi connectivity index (χ0v) is 20.6. The van der Waals surface area contributed by atoms with Crippen LogP contribution in [0.1, 0.15) is 11.1 Å². The molecule has 0 N–H and O–H groups in total. The minimum Gasteiger partial charge on any atom is -0.512 e. The van der Waals surface area contributed by atoms with Crippen LogP contribution < -0.4 is 0 Å². The molecule has 0 saturated carbocycles. The predicted molar refractivity (Wildman–Crippen MR) is 122 cm³/mol.